The van der Waals surface area contributed by atoms with E-state index in [9.17, 15) is 9.59 Å². The molecule has 0 spiro atoms. The molecule has 27 heavy (non-hydrogen) atoms. The Kier molecular flexibility index (Phi) is 4.83. The van der Waals surface area contributed by atoms with Crippen LogP contribution in [0.4, 0.5) is 5.69 Å². The largest absolute Gasteiger partial charge is 0.365 e. The van der Waals surface area contributed by atoms with Crippen molar-refractivity contribution in [3.8, 4) is 0 Å². The lowest BCUT2D eigenvalue weighted by atomic mass is 9.83. The minimum absolute atomic E-state index is 0.109. The van der Waals surface area contributed by atoms with Crippen molar-refractivity contribution in [2.45, 2.75) is 18.9 Å². The molecule has 1 N–H and O–H groups in total. The summed E-state index contributed by atoms with van der Waals surface area (Å²) in [5.74, 6) is 0.0864. The Hall–Kier alpha value is -2.83. The van der Waals surface area contributed by atoms with Crippen molar-refractivity contribution >= 4 is 17.5 Å². The molecule has 2 fully saturated rings. The van der Waals surface area contributed by atoms with Crippen molar-refractivity contribution < 1.29 is 9.59 Å². The highest BCUT2D eigenvalue weighted by Crippen LogP contribution is 2.37. The summed E-state index contributed by atoms with van der Waals surface area (Å²) >= 11 is 0. The quantitative estimate of drug-likeness (QED) is 0.896. The van der Waals surface area contributed by atoms with Gasteiger partial charge in [-0.15, -0.1) is 0 Å². The van der Waals surface area contributed by atoms with Gasteiger partial charge in [-0.05, 0) is 12.0 Å². The topological polar surface area (TPSA) is 72.5 Å². The predicted molar refractivity (Wildman–Crippen MR) is 102 cm³/mol. The van der Waals surface area contributed by atoms with E-state index in [-0.39, 0.29) is 23.8 Å². The summed E-state index contributed by atoms with van der Waals surface area (Å²) < 4.78 is 0. The second-order valence-electron chi connectivity index (χ2n) is 7.27. The number of piperazine rings is 1. The Balaban J connectivity index is 1.49. The monoisotopic (exact) mass is 367 g/mol. The fourth-order valence-electron chi connectivity index (χ4n) is 4.24. The molecule has 1 aromatic heterocycles. The Morgan fingerprint density at radius 1 is 1.15 bits per heavy atom. The van der Waals surface area contributed by atoms with Crippen molar-refractivity contribution in [2.75, 3.05) is 38.1 Å². The van der Waals surface area contributed by atoms with Gasteiger partial charge in [0.2, 0.25) is 11.8 Å². The van der Waals surface area contributed by atoms with Gasteiger partial charge in [-0.25, -0.2) is 0 Å². The normalized spacial score (nSPS) is 23.6. The maximum Gasteiger partial charge on any atom is 0.228 e. The molecule has 4 rings (SSSR count). The predicted octanol–water partition coefficient (Wildman–Crippen LogP) is 1.67. The van der Waals surface area contributed by atoms with Crippen LogP contribution < -0.4 is 4.90 Å². The third kappa shape index (κ3) is 3.41. The minimum atomic E-state index is -0.188. The van der Waals surface area contributed by atoms with Gasteiger partial charge in [-0.1, -0.05) is 30.3 Å². The van der Waals surface area contributed by atoms with Crippen LogP contribution in [0, 0.1) is 5.92 Å². The summed E-state index contributed by atoms with van der Waals surface area (Å²) in [5, 5.41) is 6.84. The van der Waals surface area contributed by atoms with Crippen LogP contribution in [0.2, 0.25) is 0 Å². The lowest BCUT2D eigenvalue weighted by molar-refractivity contribution is -0.146. The first-order valence-corrected chi connectivity index (χ1v) is 9.48. The number of carbonyl (C=O) groups is 2. The van der Waals surface area contributed by atoms with Gasteiger partial charge in [0.05, 0.1) is 23.8 Å². The van der Waals surface area contributed by atoms with Gasteiger partial charge in [0.15, 0.2) is 0 Å². The van der Waals surface area contributed by atoms with Gasteiger partial charge >= 0.3 is 0 Å². The highest BCUT2D eigenvalue weighted by Gasteiger charge is 2.41. The average molecular weight is 367 g/mol. The van der Waals surface area contributed by atoms with Crippen LogP contribution in [-0.2, 0) is 9.59 Å². The molecule has 2 aliphatic heterocycles. The molecular weight excluding hydrogens is 342 g/mol. The number of aromatic amines is 1. The highest BCUT2D eigenvalue weighted by atomic mass is 16.2. The lowest BCUT2D eigenvalue weighted by Crippen LogP contribution is -2.53. The van der Waals surface area contributed by atoms with Gasteiger partial charge in [0.1, 0.15) is 0 Å². The zero-order chi connectivity index (χ0) is 18.8. The zero-order valence-corrected chi connectivity index (χ0v) is 15.5. The summed E-state index contributed by atoms with van der Waals surface area (Å²) in [6.07, 6.45) is 4.74. The summed E-state index contributed by atoms with van der Waals surface area (Å²) in [4.78, 5) is 31.6. The van der Waals surface area contributed by atoms with E-state index in [0.29, 0.717) is 25.9 Å². The van der Waals surface area contributed by atoms with E-state index in [1.807, 2.05) is 54.7 Å². The molecule has 7 nitrogen and oxygen atoms in total. The van der Waals surface area contributed by atoms with E-state index in [1.165, 1.54) is 0 Å². The number of nitrogens with zero attached hydrogens (tertiary/aromatic N) is 4. The van der Waals surface area contributed by atoms with E-state index >= 15 is 0 Å². The minimum Gasteiger partial charge on any atom is -0.365 e. The number of likely N-dealkylation sites (tertiary alicyclic amines) is 1. The number of amides is 2. The Bertz CT molecular complexity index is 784. The molecule has 0 saturated carbocycles. The van der Waals surface area contributed by atoms with E-state index in [2.05, 4.69) is 15.1 Å². The van der Waals surface area contributed by atoms with Crippen LogP contribution in [0.3, 0.4) is 0 Å². The number of H-pyrrole nitrogens is 1. The van der Waals surface area contributed by atoms with Crippen molar-refractivity contribution in [3.05, 3.63) is 48.3 Å². The fraction of sp³-hybridized carbons (Fsp3) is 0.450. The van der Waals surface area contributed by atoms with Crippen LogP contribution >= 0.6 is 0 Å². The number of aromatic nitrogens is 2. The second kappa shape index (κ2) is 7.42. The third-order valence-corrected chi connectivity index (χ3v) is 5.76. The Morgan fingerprint density at radius 3 is 2.56 bits per heavy atom. The van der Waals surface area contributed by atoms with Gasteiger partial charge in [0.25, 0.3) is 0 Å². The summed E-state index contributed by atoms with van der Waals surface area (Å²) in [6, 6.07) is 9.72. The molecule has 7 heteroatoms. The number of anilines is 1. The molecule has 2 aromatic rings. The zero-order valence-electron chi connectivity index (χ0n) is 15.5. The molecule has 142 valence electrons. The summed E-state index contributed by atoms with van der Waals surface area (Å²) in [6.45, 7) is 2.98. The fourth-order valence-corrected chi connectivity index (χ4v) is 4.24. The second-order valence-corrected chi connectivity index (χ2v) is 7.27. The molecule has 2 amide bonds. The number of piperidine rings is 1. The molecule has 0 radical (unpaired) electrons. The molecule has 3 heterocycles. The van der Waals surface area contributed by atoms with Gasteiger partial charge in [-0.2, -0.15) is 5.10 Å². The molecular formula is C20H25N5O2. The van der Waals surface area contributed by atoms with Gasteiger partial charge < -0.3 is 14.7 Å². The molecule has 1 aromatic carbocycles. The lowest BCUT2D eigenvalue weighted by Gasteiger charge is -2.42. The number of carbonyl (C=O) groups excluding carboxylic acids is 2. The van der Waals surface area contributed by atoms with Crippen LogP contribution in [0.5, 0.6) is 0 Å². The number of hydrogen-bond acceptors (Lipinski definition) is 4. The van der Waals surface area contributed by atoms with Crippen LogP contribution in [0.25, 0.3) is 0 Å². The van der Waals surface area contributed by atoms with Crippen molar-refractivity contribution in [3.63, 3.8) is 0 Å². The molecule has 2 saturated heterocycles. The van der Waals surface area contributed by atoms with E-state index in [4.69, 9.17) is 0 Å². The molecule has 0 bridgehead atoms. The molecule has 2 atom stereocenters. The molecule has 2 aliphatic rings. The molecule has 0 aliphatic carbocycles. The summed E-state index contributed by atoms with van der Waals surface area (Å²) in [5.41, 5.74) is 2.09. The average Bonchev–Trinajstić information content (AvgIpc) is 3.25. The highest BCUT2D eigenvalue weighted by molar-refractivity contribution is 5.85. The number of benzene rings is 1. The first-order valence-electron chi connectivity index (χ1n) is 9.48. The number of nitrogens with one attached hydrogen (secondary N) is 1. The van der Waals surface area contributed by atoms with Crippen LogP contribution in [-0.4, -0.2) is 65.0 Å². The van der Waals surface area contributed by atoms with Crippen molar-refractivity contribution in [1.29, 1.82) is 0 Å². The van der Waals surface area contributed by atoms with Crippen LogP contribution in [0.15, 0.2) is 42.7 Å². The van der Waals surface area contributed by atoms with E-state index in [0.717, 1.165) is 24.3 Å². The molecule has 2 unspecified atom stereocenters. The third-order valence-electron chi connectivity index (χ3n) is 5.76. The maximum absolute atomic E-state index is 13.3. The first kappa shape index (κ1) is 17.6. The number of rotatable bonds is 3. The summed E-state index contributed by atoms with van der Waals surface area (Å²) in [7, 11) is 1.82. The van der Waals surface area contributed by atoms with Crippen molar-refractivity contribution in [1.82, 2.24) is 20.0 Å². The van der Waals surface area contributed by atoms with E-state index in [1.54, 1.807) is 4.90 Å². The van der Waals surface area contributed by atoms with E-state index < -0.39 is 0 Å². The standard InChI is InChI=1S/C20H25N5O2/c1-23-18(26)8-7-17(19(23)15-5-3-2-4-6-15)20(27)25-11-9-24(10-12-25)16-13-21-22-14-16/h2-6,13-14,17,19H,7-12H2,1H3,(H,21,22). The van der Waals surface area contributed by atoms with Gasteiger partial charge in [0, 0.05) is 45.8 Å². The maximum atomic E-state index is 13.3. The Morgan fingerprint density at radius 2 is 1.89 bits per heavy atom. The van der Waals surface area contributed by atoms with Gasteiger partial charge in [-0.3, -0.25) is 14.7 Å². The smallest absolute Gasteiger partial charge is 0.228 e. The van der Waals surface area contributed by atoms with Crippen LogP contribution in [0.1, 0.15) is 24.4 Å². The SMILES string of the molecule is CN1C(=O)CCC(C(=O)N2CCN(c3cn[nH]c3)CC2)C1c1ccccc1. The van der Waals surface area contributed by atoms with Crippen molar-refractivity contribution in [2.24, 2.45) is 5.92 Å². The first-order chi connectivity index (χ1) is 13.1. The number of hydrogen-bond donors (Lipinski definition) is 1. The Labute approximate surface area is 158 Å².